The maximum absolute atomic E-state index is 13.0. The number of halogens is 2. The van der Waals surface area contributed by atoms with E-state index in [1.54, 1.807) is 30.3 Å². The molecule has 0 radical (unpaired) electrons. The topological polar surface area (TPSA) is 86.2 Å². The molecular formula is C13H14F2N2O2S. The van der Waals surface area contributed by atoms with Crippen LogP contribution in [0.25, 0.3) is 0 Å². The van der Waals surface area contributed by atoms with Gasteiger partial charge in [-0.2, -0.15) is 0 Å². The highest BCUT2D eigenvalue weighted by Gasteiger charge is 2.45. The Kier molecular flexibility index (Phi) is 3.66. The summed E-state index contributed by atoms with van der Waals surface area (Å²) in [6, 6.07) is 8.03. The quantitative estimate of drug-likeness (QED) is 0.889. The minimum atomic E-state index is -4.14. The Bertz CT molecular complexity index is 669. The lowest BCUT2D eigenvalue weighted by Crippen LogP contribution is -2.42. The molecule has 0 aromatic heterocycles. The average molecular weight is 300 g/mol. The molecule has 4 N–H and O–H groups in total. The number of rotatable bonds is 3. The van der Waals surface area contributed by atoms with Crippen molar-refractivity contribution in [3.05, 3.63) is 59.3 Å². The minimum absolute atomic E-state index is 0.116. The third kappa shape index (κ3) is 2.34. The van der Waals surface area contributed by atoms with E-state index in [4.69, 9.17) is 10.9 Å². The van der Waals surface area contributed by atoms with Gasteiger partial charge in [0.25, 0.3) is 6.43 Å². The predicted octanol–water partition coefficient (Wildman–Crippen LogP) is 1.61. The van der Waals surface area contributed by atoms with Crippen LogP contribution in [0.1, 0.15) is 12.0 Å². The standard InChI is InChI=1S/C13H14F2N2O2S/c14-12(15)10-8-13(20(17,18)19,7-6-11(10)16)9-4-2-1-3-5-9/h1-7,12H,8,16H2,(H2,17,18,19). The largest absolute Gasteiger partial charge is 0.399 e. The van der Waals surface area contributed by atoms with E-state index in [2.05, 4.69) is 0 Å². The molecule has 1 atom stereocenters. The molecule has 0 heterocycles. The lowest BCUT2D eigenvalue weighted by Gasteiger charge is -2.32. The van der Waals surface area contributed by atoms with E-state index in [1.165, 1.54) is 12.2 Å². The Hall–Kier alpha value is -1.73. The highest BCUT2D eigenvalue weighted by molar-refractivity contribution is 7.90. The summed E-state index contributed by atoms with van der Waals surface area (Å²) in [4.78, 5) is 0. The van der Waals surface area contributed by atoms with Crippen LogP contribution < -0.4 is 10.9 Å². The fourth-order valence-electron chi connectivity index (χ4n) is 2.26. The molecule has 0 saturated heterocycles. The zero-order valence-corrected chi connectivity index (χ0v) is 11.3. The van der Waals surface area contributed by atoms with Crippen LogP contribution >= 0.6 is 0 Å². The molecule has 4 nitrogen and oxygen atoms in total. The maximum atomic E-state index is 13.0. The van der Waals surface area contributed by atoms with E-state index >= 15 is 0 Å². The van der Waals surface area contributed by atoms with Crippen molar-refractivity contribution in [3.8, 4) is 0 Å². The van der Waals surface area contributed by atoms with Gasteiger partial charge < -0.3 is 5.73 Å². The van der Waals surface area contributed by atoms with E-state index in [-0.39, 0.29) is 5.70 Å². The summed E-state index contributed by atoms with van der Waals surface area (Å²) < 4.78 is 48.3. The van der Waals surface area contributed by atoms with Crippen LogP contribution in [0.3, 0.4) is 0 Å². The van der Waals surface area contributed by atoms with Crippen molar-refractivity contribution in [1.82, 2.24) is 0 Å². The third-order valence-corrected chi connectivity index (χ3v) is 4.92. The van der Waals surface area contributed by atoms with Gasteiger partial charge in [-0.25, -0.2) is 22.3 Å². The van der Waals surface area contributed by atoms with Crippen LogP contribution in [0.5, 0.6) is 0 Å². The second kappa shape index (κ2) is 4.99. The molecule has 1 unspecified atom stereocenters. The minimum Gasteiger partial charge on any atom is -0.399 e. The number of allylic oxidation sites excluding steroid dienone is 2. The monoisotopic (exact) mass is 300 g/mol. The van der Waals surface area contributed by atoms with Crippen molar-refractivity contribution in [2.24, 2.45) is 10.9 Å². The third-order valence-electron chi connectivity index (χ3n) is 3.39. The summed E-state index contributed by atoms with van der Waals surface area (Å²) in [6.45, 7) is 0. The molecule has 0 fully saturated rings. The second-order valence-electron chi connectivity index (χ2n) is 4.59. The molecule has 0 aliphatic heterocycles. The van der Waals surface area contributed by atoms with Gasteiger partial charge in [0, 0.05) is 17.7 Å². The van der Waals surface area contributed by atoms with Crippen LogP contribution in [0.2, 0.25) is 0 Å². The number of sulfonamides is 1. The summed E-state index contributed by atoms with van der Waals surface area (Å²) in [6.07, 6.45) is -0.818. The summed E-state index contributed by atoms with van der Waals surface area (Å²) in [7, 11) is -4.14. The van der Waals surface area contributed by atoms with Crippen molar-refractivity contribution >= 4 is 10.0 Å². The van der Waals surface area contributed by atoms with E-state index in [0.717, 1.165) is 0 Å². The van der Waals surface area contributed by atoms with Crippen LogP contribution in [0.15, 0.2) is 53.8 Å². The Morgan fingerprint density at radius 2 is 1.80 bits per heavy atom. The summed E-state index contributed by atoms with van der Waals surface area (Å²) in [5, 5.41) is 5.30. The van der Waals surface area contributed by atoms with Gasteiger partial charge in [0.15, 0.2) is 0 Å². The van der Waals surface area contributed by atoms with Crippen LogP contribution in [-0.4, -0.2) is 14.8 Å². The summed E-state index contributed by atoms with van der Waals surface area (Å²) >= 11 is 0. The van der Waals surface area contributed by atoms with Gasteiger partial charge in [0.1, 0.15) is 4.75 Å². The lowest BCUT2D eigenvalue weighted by molar-refractivity contribution is 0.181. The number of benzene rings is 1. The Morgan fingerprint density at radius 1 is 1.20 bits per heavy atom. The number of nitrogens with two attached hydrogens (primary N) is 2. The van der Waals surface area contributed by atoms with E-state index < -0.39 is 33.2 Å². The molecule has 108 valence electrons. The van der Waals surface area contributed by atoms with E-state index in [0.29, 0.717) is 5.56 Å². The Balaban J connectivity index is 2.63. The SMILES string of the molecule is NC1=C(C(F)F)CC(c2ccccc2)(S(N)(=O)=O)C=C1. The van der Waals surface area contributed by atoms with Crippen molar-refractivity contribution in [2.75, 3.05) is 0 Å². The molecule has 0 spiro atoms. The van der Waals surface area contributed by atoms with E-state index in [1.807, 2.05) is 0 Å². The highest BCUT2D eigenvalue weighted by Crippen LogP contribution is 2.41. The molecule has 20 heavy (non-hydrogen) atoms. The Morgan fingerprint density at radius 3 is 2.30 bits per heavy atom. The number of alkyl halides is 2. The fourth-order valence-corrected chi connectivity index (χ4v) is 3.34. The zero-order chi connectivity index (χ0) is 15.0. The number of hydrogen-bond acceptors (Lipinski definition) is 3. The molecule has 7 heteroatoms. The molecule has 1 aliphatic rings. The van der Waals surface area contributed by atoms with Crippen LogP contribution in [-0.2, 0) is 14.8 Å². The van der Waals surface area contributed by atoms with Gasteiger partial charge in [0.2, 0.25) is 10.0 Å². The lowest BCUT2D eigenvalue weighted by atomic mass is 9.86. The molecule has 0 amide bonds. The first-order chi connectivity index (χ1) is 9.28. The smallest absolute Gasteiger partial charge is 0.262 e. The molecule has 2 rings (SSSR count). The second-order valence-corrected chi connectivity index (χ2v) is 6.41. The normalized spacial score (nSPS) is 23.4. The molecular weight excluding hydrogens is 286 g/mol. The molecule has 1 aromatic rings. The molecule has 0 bridgehead atoms. The van der Waals surface area contributed by atoms with Crippen LogP contribution in [0, 0.1) is 0 Å². The van der Waals surface area contributed by atoms with Crippen LogP contribution in [0.4, 0.5) is 8.78 Å². The van der Waals surface area contributed by atoms with Gasteiger partial charge in [-0.15, -0.1) is 0 Å². The summed E-state index contributed by atoms with van der Waals surface area (Å²) in [5.74, 6) is 0. The Labute approximate surface area is 115 Å². The maximum Gasteiger partial charge on any atom is 0.262 e. The molecule has 0 saturated carbocycles. The fraction of sp³-hybridized carbons (Fsp3) is 0.231. The van der Waals surface area contributed by atoms with Gasteiger partial charge in [-0.05, 0) is 11.6 Å². The van der Waals surface area contributed by atoms with Crippen molar-refractivity contribution in [1.29, 1.82) is 0 Å². The highest BCUT2D eigenvalue weighted by atomic mass is 32.2. The first-order valence-electron chi connectivity index (χ1n) is 5.82. The van der Waals surface area contributed by atoms with Gasteiger partial charge in [0.05, 0.1) is 0 Å². The zero-order valence-electron chi connectivity index (χ0n) is 10.5. The first-order valence-corrected chi connectivity index (χ1v) is 7.36. The first kappa shape index (κ1) is 14.7. The van der Waals surface area contributed by atoms with Gasteiger partial charge in [-0.1, -0.05) is 36.4 Å². The molecule has 1 aliphatic carbocycles. The van der Waals surface area contributed by atoms with E-state index in [9.17, 15) is 17.2 Å². The number of primary sulfonamides is 1. The van der Waals surface area contributed by atoms with Gasteiger partial charge in [-0.3, -0.25) is 0 Å². The van der Waals surface area contributed by atoms with Gasteiger partial charge >= 0.3 is 0 Å². The number of hydrogen-bond donors (Lipinski definition) is 2. The van der Waals surface area contributed by atoms with Crippen molar-refractivity contribution in [3.63, 3.8) is 0 Å². The summed E-state index contributed by atoms with van der Waals surface area (Å²) in [5.41, 5.74) is 5.31. The predicted molar refractivity (Wildman–Crippen MR) is 72.2 cm³/mol. The van der Waals surface area contributed by atoms with Crippen molar-refractivity contribution in [2.45, 2.75) is 17.6 Å². The molecule has 1 aromatic carbocycles. The average Bonchev–Trinajstić information content (AvgIpc) is 2.38. The van der Waals surface area contributed by atoms with Crippen molar-refractivity contribution < 1.29 is 17.2 Å².